The molecular formula is C11H9N3O6. The Hall–Kier alpha value is -2.52. The van der Waals surface area contributed by atoms with Crippen LogP contribution in [0.3, 0.4) is 0 Å². The summed E-state index contributed by atoms with van der Waals surface area (Å²) in [6.45, 7) is 0.671. The van der Waals surface area contributed by atoms with E-state index in [1.54, 1.807) is 0 Å². The molecule has 0 saturated carbocycles. The molecule has 3 rings (SSSR count). The van der Waals surface area contributed by atoms with Crippen LogP contribution < -0.4 is 11.2 Å². The average molecular weight is 279 g/mol. The van der Waals surface area contributed by atoms with Gasteiger partial charge < -0.3 is 14.5 Å². The topological polar surface area (TPSA) is 127 Å². The molecule has 9 nitrogen and oxygen atoms in total. The number of ether oxygens (including phenoxy) is 2. The molecule has 0 bridgehead atoms. The van der Waals surface area contributed by atoms with Gasteiger partial charge in [0.15, 0.2) is 6.29 Å². The summed E-state index contributed by atoms with van der Waals surface area (Å²) in [6, 6.07) is 2.33. The number of benzene rings is 1. The SMILES string of the molecule is O=c1[nH]c(=O)c2cc([N+](=O)[O-])cc(C3OCCO3)c2[nH]1. The minimum absolute atomic E-state index is 0.00731. The highest BCUT2D eigenvalue weighted by Gasteiger charge is 2.25. The van der Waals surface area contributed by atoms with E-state index in [2.05, 4.69) is 4.98 Å². The van der Waals surface area contributed by atoms with Gasteiger partial charge in [0.2, 0.25) is 0 Å². The van der Waals surface area contributed by atoms with Crippen LogP contribution in [0, 0.1) is 10.1 Å². The predicted molar refractivity (Wildman–Crippen MR) is 66.5 cm³/mol. The number of aromatic nitrogens is 2. The van der Waals surface area contributed by atoms with Gasteiger partial charge in [0.25, 0.3) is 11.2 Å². The van der Waals surface area contributed by atoms with E-state index in [-0.39, 0.29) is 22.2 Å². The lowest BCUT2D eigenvalue weighted by Crippen LogP contribution is -2.23. The van der Waals surface area contributed by atoms with Gasteiger partial charge in [-0.15, -0.1) is 0 Å². The number of fused-ring (bicyclic) bond motifs is 1. The maximum absolute atomic E-state index is 11.8. The molecule has 104 valence electrons. The first-order valence-corrected chi connectivity index (χ1v) is 5.74. The van der Waals surface area contributed by atoms with E-state index in [0.29, 0.717) is 13.2 Å². The van der Waals surface area contributed by atoms with Crippen LogP contribution in [0.4, 0.5) is 5.69 Å². The number of non-ortho nitro benzene ring substituents is 1. The minimum Gasteiger partial charge on any atom is -0.346 e. The molecule has 0 unspecified atom stereocenters. The Bertz CT molecular complexity index is 802. The molecule has 1 fully saturated rings. The van der Waals surface area contributed by atoms with E-state index in [4.69, 9.17) is 9.47 Å². The molecule has 0 amide bonds. The molecule has 1 aliphatic rings. The Morgan fingerprint density at radius 3 is 2.55 bits per heavy atom. The summed E-state index contributed by atoms with van der Waals surface area (Å²) < 4.78 is 10.6. The Kier molecular flexibility index (Phi) is 2.84. The van der Waals surface area contributed by atoms with Gasteiger partial charge in [-0.25, -0.2) is 4.79 Å². The van der Waals surface area contributed by atoms with Crippen LogP contribution in [0.15, 0.2) is 21.7 Å². The summed E-state index contributed by atoms with van der Waals surface area (Å²) in [4.78, 5) is 37.9. The zero-order chi connectivity index (χ0) is 14.3. The molecule has 0 atom stereocenters. The number of H-pyrrole nitrogens is 2. The molecule has 0 spiro atoms. The molecular weight excluding hydrogens is 270 g/mol. The molecule has 2 N–H and O–H groups in total. The summed E-state index contributed by atoms with van der Waals surface area (Å²) >= 11 is 0. The quantitative estimate of drug-likeness (QED) is 0.595. The van der Waals surface area contributed by atoms with E-state index in [9.17, 15) is 19.7 Å². The lowest BCUT2D eigenvalue weighted by Gasteiger charge is -2.11. The van der Waals surface area contributed by atoms with Gasteiger partial charge in [-0.05, 0) is 0 Å². The van der Waals surface area contributed by atoms with Crippen molar-refractivity contribution in [2.45, 2.75) is 6.29 Å². The number of nitro groups is 1. The first-order chi connectivity index (χ1) is 9.56. The molecule has 0 aliphatic carbocycles. The minimum atomic E-state index is -0.838. The van der Waals surface area contributed by atoms with Crippen molar-refractivity contribution in [1.82, 2.24) is 9.97 Å². The zero-order valence-electron chi connectivity index (χ0n) is 10.0. The third kappa shape index (κ3) is 1.98. The van der Waals surface area contributed by atoms with Gasteiger partial charge in [-0.1, -0.05) is 0 Å². The second kappa shape index (κ2) is 4.54. The highest BCUT2D eigenvalue weighted by Crippen LogP contribution is 2.30. The van der Waals surface area contributed by atoms with E-state index in [1.807, 2.05) is 4.98 Å². The lowest BCUT2D eigenvalue weighted by molar-refractivity contribution is -0.384. The Labute approximate surface area is 110 Å². The van der Waals surface area contributed by atoms with Gasteiger partial charge >= 0.3 is 5.69 Å². The molecule has 1 saturated heterocycles. The average Bonchev–Trinajstić information content (AvgIpc) is 2.91. The van der Waals surface area contributed by atoms with Gasteiger partial charge in [0.05, 0.1) is 29.0 Å². The largest absolute Gasteiger partial charge is 0.346 e. The third-order valence-corrected chi connectivity index (χ3v) is 2.95. The van der Waals surface area contributed by atoms with Gasteiger partial charge in [-0.2, -0.15) is 0 Å². The number of nitrogens with one attached hydrogen (secondary N) is 2. The normalized spacial score (nSPS) is 15.8. The molecule has 20 heavy (non-hydrogen) atoms. The molecule has 1 aromatic heterocycles. The number of aromatic amines is 2. The van der Waals surface area contributed by atoms with Gasteiger partial charge in [-0.3, -0.25) is 19.9 Å². The molecule has 1 aromatic carbocycles. The summed E-state index contributed by atoms with van der Waals surface area (Å²) in [5, 5.41) is 10.9. The first-order valence-electron chi connectivity index (χ1n) is 5.74. The molecule has 2 aromatic rings. The van der Waals surface area contributed by atoms with Crippen molar-refractivity contribution in [2.75, 3.05) is 13.2 Å². The fourth-order valence-corrected chi connectivity index (χ4v) is 2.11. The van der Waals surface area contributed by atoms with E-state index < -0.39 is 22.5 Å². The highest BCUT2D eigenvalue weighted by molar-refractivity contribution is 5.83. The lowest BCUT2D eigenvalue weighted by atomic mass is 10.1. The molecule has 1 aliphatic heterocycles. The summed E-state index contributed by atoms with van der Waals surface area (Å²) in [7, 11) is 0. The van der Waals surface area contributed by atoms with Crippen molar-refractivity contribution in [3.05, 3.63) is 48.6 Å². The van der Waals surface area contributed by atoms with Crippen molar-refractivity contribution in [3.8, 4) is 0 Å². The second-order valence-corrected chi connectivity index (χ2v) is 4.20. The molecule has 2 heterocycles. The van der Waals surface area contributed by atoms with Crippen molar-refractivity contribution >= 4 is 16.6 Å². The number of nitrogens with zero attached hydrogens (tertiary/aromatic N) is 1. The molecule has 0 radical (unpaired) electrons. The fraction of sp³-hybridized carbons (Fsp3) is 0.273. The van der Waals surface area contributed by atoms with Crippen molar-refractivity contribution in [1.29, 1.82) is 0 Å². The maximum atomic E-state index is 11.8. The first kappa shape index (κ1) is 12.5. The van der Waals surface area contributed by atoms with Crippen LogP contribution in [-0.2, 0) is 9.47 Å². The smallest absolute Gasteiger partial charge is 0.326 e. The maximum Gasteiger partial charge on any atom is 0.326 e. The van der Waals surface area contributed by atoms with Crippen LogP contribution in [0.25, 0.3) is 10.9 Å². The number of hydrogen-bond acceptors (Lipinski definition) is 6. The second-order valence-electron chi connectivity index (χ2n) is 4.20. The fourth-order valence-electron chi connectivity index (χ4n) is 2.11. The van der Waals surface area contributed by atoms with Crippen molar-refractivity contribution in [2.24, 2.45) is 0 Å². The highest BCUT2D eigenvalue weighted by atomic mass is 16.7. The van der Waals surface area contributed by atoms with E-state index in [0.717, 1.165) is 6.07 Å². The number of rotatable bonds is 2. The Morgan fingerprint density at radius 2 is 1.90 bits per heavy atom. The van der Waals surface area contributed by atoms with Crippen molar-refractivity contribution < 1.29 is 14.4 Å². The number of hydrogen-bond donors (Lipinski definition) is 2. The Balaban J connectivity index is 2.37. The standard InChI is InChI=1S/C11H9N3O6/c15-9-6-3-5(14(17)18)4-7(10-19-1-2-20-10)8(6)12-11(16)13-9/h3-4,10H,1-2H2,(H2,12,13,15,16). The van der Waals surface area contributed by atoms with Crippen LogP contribution in [0.5, 0.6) is 0 Å². The van der Waals surface area contributed by atoms with Crippen molar-refractivity contribution in [3.63, 3.8) is 0 Å². The predicted octanol–water partition coefficient (Wildman–Crippen LogP) is 0.170. The summed E-state index contributed by atoms with van der Waals surface area (Å²) in [5.74, 6) is 0. The van der Waals surface area contributed by atoms with Crippen LogP contribution in [-0.4, -0.2) is 28.1 Å². The van der Waals surface area contributed by atoms with E-state index in [1.165, 1.54) is 6.07 Å². The Morgan fingerprint density at radius 1 is 1.20 bits per heavy atom. The van der Waals surface area contributed by atoms with Gasteiger partial charge in [0, 0.05) is 17.7 Å². The van der Waals surface area contributed by atoms with Gasteiger partial charge in [0.1, 0.15) is 0 Å². The monoisotopic (exact) mass is 279 g/mol. The summed E-state index contributed by atoms with van der Waals surface area (Å²) in [5.41, 5.74) is -1.24. The number of nitro benzene ring substituents is 1. The third-order valence-electron chi connectivity index (χ3n) is 2.95. The van der Waals surface area contributed by atoms with E-state index >= 15 is 0 Å². The van der Waals surface area contributed by atoms with Crippen LogP contribution in [0.2, 0.25) is 0 Å². The zero-order valence-corrected chi connectivity index (χ0v) is 10.0. The van der Waals surface area contributed by atoms with Crippen LogP contribution in [0.1, 0.15) is 11.9 Å². The van der Waals surface area contributed by atoms with Crippen LogP contribution >= 0.6 is 0 Å². The summed E-state index contributed by atoms with van der Waals surface area (Å²) in [6.07, 6.45) is -0.838. The molecule has 9 heteroatoms.